The van der Waals surface area contributed by atoms with Gasteiger partial charge >= 0.3 is 0 Å². The smallest absolute Gasteiger partial charge is 0.151 e. The maximum absolute atomic E-state index is 11.4. The Kier molecular flexibility index (Phi) is 6.64. The van der Waals surface area contributed by atoms with Gasteiger partial charge in [-0.25, -0.2) is 8.42 Å². The molecular weight excluding hydrogens is 246 g/mol. The molecule has 1 fully saturated rings. The summed E-state index contributed by atoms with van der Waals surface area (Å²) in [6.07, 6.45) is 6.38. The van der Waals surface area contributed by atoms with Crippen molar-refractivity contribution in [2.45, 2.75) is 58.9 Å². The Morgan fingerprint density at radius 1 is 1.28 bits per heavy atom. The summed E-state index contributed by atoms with van der Waals surface area (Å²) in [5.41, 5.74) is 0. The van der Waals surface area contributed by atoms with Crippen molar-refractivity contribution < 1.29 is 8.42 Å². The number of hydrogen-bond donors (Lipinski definition) is 1. The molecule has 0 saturated heterocycles. The van der Waals surface area contributed by atoms with E-state index in [4.69, 9.17) is 0 Å². The zero-order chi connectivity index (χ0) is 13.6. The molecule has 4 heteroatoms. The molecule has 3 nitrogen and oxygen atoms in total. The van der Waals surface area contributed by atoms with Crippen LogP contribution in [0.2, 0.25) is 0 Å². The van der Waals surface area contributed by atoms with Crippen LogP contribution < -0.4 is 5.32 Å². The van der Waals surface area contributed by atoms with Crippen LogP contribution in [0.25, 0.3) is 0 Å². The van der Waals surface area contributed by atoms with Gasteiger partial charge in [-0.2, -0.15) is 0 Å². The Hall–Kier alpha value is -0.0900. The maximum atomic E-state index is 11.4. The molecule has 1 aliphatic rings. The minimum Gasteiger partial charge on any atom is -0.313 e. The summed E-state index contributed by atoms with van der Waals surface area (Å²) in [5.74, 6) is 2.15. The summed E-state index contributed by atoms with van der Waals surface area (Å²) in [5, 5.41) is 3.44. The molecule has 0 radical (unpaired) electrons. The molecule has 18 heavy (non-hydrogen) atoms. The van der Waals surface area contributed by atoms with Gasteiger partial charge in [0, 0.05) is 18.3 Å². The van der Waals surface area contributed by atoms with Crippen molar-refractivity contribution in [3.63, 3.8) is 0 Å². The molecule has 108 valence electrons. The molecular formula is C14H29NO2S. The van der Waals surface area contributed by atoms with Gasteiger partial charge in [0.2, 0.25) is 0 Å². The van der Waals surface area contributed by atoms with E-state index in [9.17, 15) is 8.42 Å². The SMILES string of the molecule is CCS(=O)(=O)CCNC1CCCC(CC(C)C)C1. The van der Waals surface area contributed by atoms with Gasteiger partial charge in [0.15, 0.2) is 9.84 Å². The van der Waals surface area contributed by atoms with E-state index in [0.717, 1.165) is 11.8 Å². The van der Waals surface area contributed by atoms with E-state index in [0.29, 0.717) is 12.6 Å². The van der Waals surface area contributed by atoms with Crippen molar-refractivity contribution in [2.75, 3.05) is 18.1 Å². The molecule has 2 unspecified atom stereocenters. The summed E-state index contributed by atoms with van der Waals surface area (Å²) in [6, 6.07) is 0.537. The highest BCUT2D eigenvalue weighted by atomic mass is 32.2. The number of hydrogen-bond acceptors (Lipinski definition) is 3. The van der Waals surface area contributed by atoms with E-state index in [2.05, 4.69) is 19.2 Å². The molecule has 0 heterocycles. The Labute approximate surface area is 113 Å². The van der Waals surface area contributed by atoms with Gasteiger partial charge in [0.05, 0.1) is 5.75 Å². The Morgan fingerprint density at radius 2 is 2.00 bits per heavy atom. The molecule has 0 spiro atoms. The van der Waals surface area contributed by atoms with E-state index in [-0.39, 0.29) is 11.5 Å². The molecule has 0 aliphatic heterocycles. The molecule has 1 aliphatic carbocycles. The van der Waals surface area contributed by atoms with Gasteiger partial charge in [0.25, 0.3) is 0 Å². The summed E-state index contributed by atoms with van der Waals surface area (Å²) >= 11 is 0. The fourth-order valence-electron chi connectivity index (χ4n) is 2.92. The molecule has 0 bridgehead atoms. The maximum Gasteiger partial charge on any atom is 0.151 e. The van der Waals surface area contributed by atoms with E-state index < -0.39 is 9.84 Å². The van der Waals surface area contributed by atoms with Crippen molar-refractivity contribution in [3.8, 4) is 0 Å². The minimum absolute atomic E-state index is 0.259. The topological polar surface area (TPSA) is 46.2 Å². The third-order valence-corrected chi connectivity index (χ3v) is 5.58. The third kappa shape index (κ3) is 6.19. The molecule has 0 aromatic carbocycles. The van der Waals surface area contributed by atoms with E-state index in [1.54, 1.807) is 6.92 Å². The highest BCUT2D eigenvalue weighted by molar-refractivity contribution is 7.91. The van der Waals surface area contributed by atoms with Crippen molar-refractivity contribution in [1.29, 1.82) is 0 Å². The van der Waals surface area contributed by atoms with Crippen LogP contribution in [0.3, 0.4) is 0 Å². The zero-order valence-electron chi connectivity index (χ0n) is 12.1. The summed E-state index contributed by atoms with van der Waals surface area (Å²) in [4.78, 5) is 0. The first-order chi connectivity index (χ1) is 8.43. The highest BCUT2D eigenvalue weighted by Crippen LogP contribution is 2.29. The molecule has 2 atom stereocenters. The average Bonchev–Trinajstić information content (AvgIpc) is 2.28. The monoisotopic (exact) mass is 275 g/mol. The zero-order valence-corrected chi connectivity index (χ0v) is 12.9. The Bertz CT molecular complexity index is 325. The summed E-state index contributed by atoms with van der Waals surface area (Å²) in [7, 11) is -2.82. The van der Waals surface area contributed by atoms with E-state index in [1.165, 1.54) is 32.1 Å². The summed E-state index contributed by atoms with van der Waals surface area (Å²) < 4.78 is 22.8. The van der Waals surface area contributed by atoms with Crippen molar-refractivity contribution in [3.05, 3.63) is 0 Å². The van der Waals surface area contributed by atoms with Crippen molar-refractivity contribution in [2.24, 2.45) is 11.8 Å². The molecule has 0 aromatic heterocycles. The van der Waals surface area contributed by atoms with Crippen LogP contribution in [0.4, 0.5) is 0 Å². The van der Waals surface area contributed by atoms with Crippen molar-refractivity contribution >= 4 is 9.84 Å². The van der Waals surface area contributed by atoms with E-state index in [1.807, 2.05) is 0 Å². The quantitative estimate of drug-likeness (QED) is 0.777. The molecule has 0 amide bonds. The molecule has 1 N–H and O–H groups in total. The lowest BCUT2D eigenvalue weighted by atomic mass is 9.81. The number of nitrogens with one attached hydrogen (secondary N) is 1. The standard InChI is InChI=1S/C14H29NO2S/c1-4-18(16,17)9-8-15-14-7-5-6-13(11-14)10-12(2)3/h12-15H,4-11H2,1-3H3. The molecule has 1 saturated carbocycles. The first-order valence-electron chi connectivity index (χ1n) is 7.36. The second-order valence-electron chi connectivity index (χ2n) is 6.05. The number of sulfone groups is 1. The minimum atomic E-state index is -2.82. The van der Waals surface area contributed by atoms with E-state index >= 15 is 0 Å². The van der Waals surface area contributed by atoms with Crippen LogP contribution >= 0.6 is 0 Å². The van der Waals surface area contributed by atoms with Crippen LogP contribution in [0.15, 0.2) is 0 Å². The largest absolute Gasteiger partial charge is 0.313 e. The summed E-state index contributed by atoms with van der Waals surface area (Å²) in [6.45, 7) is 6.90. The second kappa shape index (κ2) is 7.49. The van der Waals surface area contributed by atoms with Gasteiger partial charge in [-0.1, -0.05) is 33.6 Å². The lowest BCUT2D eigenvalue weighted by molar-refractivity contribution is 0.255. The van der Waals surface area contributed by atoms with Gasteiger partial charge in [-0.3, -0.25) is 0 Å². The third-order valence-electron chi connectivity index (χ3n) is 3.87. The lowest BCUT2D eigenvalue weighted by Crippen LogP contribution is -2.37. The van der Waals surface area contributed by atoms with Crippen LogP contribution in [0.5, 0.6) is 0 Å². The second-order valence-corrected chi connectivity index (χ2v) is 8.52. The van der Waals surface area contributed by atoms with Crippen molar-refractivity contribution in [1.82, 2.24) is 5.32 Å². The lowest BCUT2D eigenvalue weighted by Gasteiger charge is -2.30. The molecule has 1 rings (SSSR count). The highest BCUT2D eigenvalue weighted by Gasteiger charge is 2.22. The normalized spacial score (nSPS) is 25.6. The number of rotatable bonds is 7. The average molecular weight is 275 g/mol. The van der Waals surface area contributed by atoms with Gasteiger partial charge in [-0.05, 0) is 31.1 Å². The van der Waals surface area contributed by atoms with Crippen LogP contribution in [-0.2, 0) is 9.84 Å². The fraction of sp³-hybridized carbons (Fsp3) is 1.00. The van der Waals surface area contributed by atoms with Crippen LogP contribution in [-0.4, -0.2) is 32.5 Å². The Morgan fingerprint density at radius 3 is 2.61 bits per heavy atom. The van der Waals surface area contributed by atoms with Gasteiger partial charge in [0.1, 0.15) is 0 Å². The molecule has 0 aromatic rings. The van der Waals surface area contributed by atoms with Gasteiger partial charge < -0.3 is 5.32 Å². The van der Waals surface area contributed by atoms with Crippen LogP contribution in [0, 0.1) is 11.8 Å². The first kappa shape index (κ1) is 16.0. The predicted molar refractivity (Wildman–Crippen MR) is 77.5 cm³/mol. The first-order valence-corrected chi connectivity index (χ1v) is 9.19. The fourth-order valence-corrected chi connectivity index (χ4v) is 3.64. The van der Waals surface area contributed by atoms with Gasteiger partial charge in [-0.15, -0.1) is 0 Å². The van der Waals surface area contributed by atoms with Crippen LogP contribution in [0.1, 0.15) is 52.9 Å². The Balaban J connectivity index is 2.26. The predicted octanol–water partition coefficient (Wildman–Crippen LogP) is 2.62.